The van der Waals surface area contributed by atoms with Crippen molar-refractivity contribution in [2.45, 2.75) is 31.7 Å². The first-order valence-electron chi connectivity index (χ1n) is 10.9. The van der Waals surface area contributed by atoms with Crippen molar-refractivity contribution in [2.24, 2.45) is 0 Å². The van der Waals surface area contributed by atoms with E-state index in [1.165, 1.54) is 9.80 Å². The average molecular weight is 461 g/mol. The van der Waals surface area contributed by atoms with E-state index in [0.717, 1.165) is 23.1 Å². The van der Waals surface area contributed by atoms with Gasteiger partial charge in [-0.2, -0.15) is 0 Å². The summed E-state index contributed by atoms with van der Waals surface area (Å²) in [5.74, 6) is -1.91. The first-order valence-corrected chi connectivity index (χ1v) is 12.6. The Morgan fingerprint density at radius 3 is 2.36 bits per heavy atom. The number of anilines is 2. The molecule has 0 bridgehead atoms. The zero-order valence-corrected chi connectivity index (χ0v) is 19.3. The molecule has 5 rings (SSSR count). The number of sulfone groups is 1. The molecule has 1 fully saturated rings. The Kier molecular flexibility index (Phi) is 4.90. The zero-order valence-electron chi connectivity index (χ0n) is 18.5. The Labute approximate surface area is 193 Å². The van der Waals surface area contributed by atoms with Gasteiger partial charge in [0.05, 0.1) is 12.2 Å². The third-order valence-electron chi connectivity index (χ3n) is 6.43. The van der Waals surface area contributed by atoms with Crippen LogP contribution in [0.25, 0.3) is 0 Å². The van der Waals surface area contributed by atoms with Gasteiger partial charge in [-0.05, 0) is 48.7 Å². The molecule has 0 aliphatic carbocycles. The maximum Gasteiger partial charge on any atom is 0.274 e. The second kappa shape index (κ2) is 7.56. The molecule has 2 aliphatic heterocycles. The van der Waals surface area contributed by atoms with E-state index < -0.39 is 32.3 Å². The molecule has 0 N–H and O–H groups in total. The van der Waals surface area contributed by atoms with Gasteiger partial charge in [-0.15, -0.1) is 0 Å². The van der Waals surface area contributed by atoms with Crippen molar-refractivity contribution >= 4 is 33.0 Å². The van der Waals surface area contributed by atoms with E-state index in [1.807, 2.05) is 56.3 Å². The lowest BCUT2D eigenvalue weighted by molar-refractivity contribution is -0.123. The topological polar surface area (TPSA) is 74.8 Å². The fourth-order valence-corrected chi connectivity index (χ4v) is 6.91. The van der Waals surface area contributed by atoms with Crippen molar-refractivity contribution in [2.75, 3.05) is 15.6 Å². The maximum absolute atomic E-state index is 14.2. The smallest absolute Gasteiger partial charge is 0.274 e. The van der Waals surface area contributed by atoms with Crippen LogP contribution >= 0.6 is 0 Å². The second-order valence-corrected chi connectivity index (χ2v) is 10.7. The van der Waals surface area contributed by atoms with Crippen LogP contribution in [0.2, 0.25) is 0 Å². The summed E-state index contributed by atoms with van der Waals surface area (Å²) >= 11 is 0. The van der Waals surface area contributed by atoms with Crippen LogP contribution in [-0.4, -0.2) is 26.0 Å². The zero-order chi connectivity index (χ0) is 23.4. The van der Waals surface area contributed by atoms with Gasteiger partial charge in [-0.3, -0.25) is 14.5 Å². The standard InChI is InChI=1S/C26H24N2O4S/c1-3-19-10-7-11-21(15-19)28-24(29)17-33(31,32)26(28)22-14-18(2)12-13-23(22)27(25(26)30)16-20-8-5-4-6-9-20/h4-15H,3,16-17H2,1-2H3. The number of carbonyl (C=O) groups excluding carboxylic acids is 2. The molecule has 2 aliphatic rings. The number of carbonyl (C=O) groups is 2. The molecule has 7 heteroatoms. The highest BCUT2D eigenvalue weighted by Gasteiger charge is 2.69. The highest BCUT2D eigenvalue weighted by molar-refractivity contribution is 7.94. The van der Waals surface area contributed by atoms with Crippen molar-refractivity contribution in [3.63, 3.8) is 0 Å². The molecular weight excluding hydrogens is 436 g/mol. The quantitative estimate of drug-likeness (QED) is 0.595. The third kappa shape index (κ3) is 3.03. The number of hydrogen-bond acceptors (Lipinski definition) is 4. The molecular formula is C26H24N2O4S. The fourth-order valence-electron chi connectivity index (χ4n) is 4.89. The monoisotopic (exact) mass is 460 g/mol. The van der Waals surface area contributed by atoms with Crippen LogP contribution in [0.5, 0.6) is 0 Å². The van der Waals surface area contributed by atoms with Crippen LogP contribution in [-0.2, 0) is 37.3 Å². The number of hydrogen-bond donors (Lipinski definition) is 0. The minimum absolute atomic E-state index is 0.212. The predicted molar refractivity (Wildman–Crippen MR) is 128 cm³/mol. The van der Waals surface area contributed by atoms with Crippen LogP contribution in [0.4, 0.5) is 11.4 Å². The lowest BCUT2D eigenvalue weighted by atomic mass is 10.0. The number of nitrogens with zero attached hydrogens (tertiary/aromatic N) is 2. The first kappa shape index (κ1) is 21.4. The molecule has 0 radical (unpaired) electrons. The van der Waals surface area contributed by atoms with E-state index in [4.69, 9.17) is 0 Å². The number of amides is 2. The molecule has 6 nitrogen and oxygen atoms in total. The second-order valence-electron chi connectivity index (χ2n) is 8.55. The van der Waals surface area contributed by atoms with Crippen LogP contribution < -0.4 is 9.80 Å². The lowest BCUT2D eigenvalue weighted by Gasteiger charge is -2.33. The summed E-state index contributed by atoms with van der Waals surface area (Å²) in [6.45, 7) is 4.05. The van der Waals surface area contributed by atoms with Crippen LogP contribution in [0, 0.1) is 6.92 Å². The molecule has 1 unspecified atom stereocenters. The first-order chi connectivity index (χ1) is 15.8. The normalized spacial score (nSPS) is 21.2. The maximum atomic E-state index is 14.2. The van der Waals surface area contributed by atoms with Crippen molar-refractivity contribution < 1.29 is 18.0 Å². The van der Waals surface area contributed by atoms with Gasteiger partial charge in [0.25, 0.3) is 10.8 Å². The summed E-state index contributed by atoms with van der Waals surface area (Å²) < 4.78 is 27.4. The minimum atomic E-state index is -4.17. The van der Waals surface area contributed by atoms with E-state index >= 15 is 0 Å². The van der Waals surface area contributed by atoms with E-state index in [0.29, 0.717) is 16.9 Å². The largest absolute Gasteiger partial charge is 0.304 e. The number of rotatable bonds is 4. The Morgan fingerprint density at radius 1 is 0.909 bits per heavy atom. The molecule has 33 heavy (non-hydrogen) atoms. The summed E-state index contributed by atoms with van der Waals surface area (Å²) in [6.07, 6.45) is 0.722. The molecule has 1 saturated heterocycles. The minimum Gasteiger partial charge on any atom is -0.304 e. The number of benzene rings is 3. The molecule has 2 amide bonds. The van der Waals surface area contributed by atoms with E-state index in [2.05, 4.69) is 0 Å². The Bertz CT molecular complexity index is 1380. The van der Waals surface area contributed by atoms with Crippen LogP contribution in [0.15, 0.2) is 72.8 Å². The Balaban J connectivity index is 1.77. The van der Waals surface area contributed by atoms with Gasteiger partial charge in [0.1, 0.15) is 5.75 Å². The third-order valence-corrected chi connectivity index (χ3v) is 8.54. The van der Waals surface area contributed by atoms with E-state index in [1.54, 1.807) is 30.3 Å². The molecule has 2 heterocycles. The molecule has 3 aromatic carbocycles. The Morgan fingerprint density at radius 2 is 1.64 bits per heavy atom. The van der Waals surface area contributed by atoms with Gasteiger partial charge >= 0.3 is 0 Å². The van der Waals surface area contributed by atoms with E-state index in [9.17, 15) is 18.0 Å². The fraction of sp³-hybridized carbons (Fsp3) is 0.231. The summed E-state index contributed by atoms with van der Waals surface area (Å²) in [7, 11) is -4.17. The van der Waals surface area contributed by atoms with Crippen molar-refractivity contribution in [1.82, 2.24) is 0 Å². The molecule has 0 aromatic heterocycles. The molecule has 1 spiro atoms. The summed E-state index contributed by atoms with van der Waals surface area (Å²) in [4.78, 5) is 28.0. The Hall–Kier alpha value is -3.45. The molecule has 0 saturated carbocycles. The van der Waals surface area contributed by atoms with Gasteiger partial charge in [-0.1, -0.05) is 61.0 Å². The highest BCUT2D eigenvalue weighted by atomic mass is 32.2. The van der Waals surface area contributed by atoms with Gasteiger partial charge in [0, 0.05) is 11.3 Å². The van der Waals surface area contributed by atoms with Crippen LogP contribution in [0.1, 0.15) is 29.2 Å². The van der Waals surface area contributed by atoms with Gasteiger partial charge in [0.15, 0.2) is 9.84 Å². The van der Waals surface area contributed by atoms with Gasteiger partial charge < -0.3 is 4.90 Å². The average Bonchev–Trinajstić information content (AvgIpc) is 3.16. The van der Waals surface area contributed by atoms with Crippen LogP contribution in [0.3, 0.4) is 0 Å². The summed E-state index contributed by atoms with van der Waals surface area (Å²) in [5.41, 5.74) is 3.93. The lowest BCUT2D eigenvalue weighted by Crippen LogP contribution is -2.54. The van der Waals surface area contributed by atoms with Crippen molar-refractivity contribution in [3.05, 3.63) is 95.1 Å². The van der Waals surface area contributed by atoms with Gasteiger partial charge in [0.2, 0.25) is 5.91 Å². The molecule has 168 valence electrons. The highest BCUT2D eigenvalue weighted by Crippen LogP contribution is 2.53. The SMILES string of the molecule is CCc1cccc(N2C(=O)CS(=O)(=O)C23C(=O)N(Cc2ccccc2)c2ccc(C)cc23)c1. The van der Waals surface area contributed by atoms with Gasteiger partial charge in [-0.25, -0.2) is 8.42 Å². The van der Waals surface area contributed by atoms with E-state index in [-0.39, 0.29) is 6.54 Å². The van der Waals surface area contributed by atoms with Crippen molar-refractivity contribution in [1.29, 1.82) is 0 Å². The van der Waals surface area contributed by atoms with Crippen molar-refractivity contribution in [3.8, 4) is 0 Å². The molecule has 1 atom stereocenters. The summed E-state index contributed by atoms with van der Waals surface area (Å²) in [5, 5.41) is 0. The summed E-state index contributed by atoms with van der Waals surface area (Å²) in [6, 6.07) is 22.0. The number of aryl methyl sites for hydroxylation is 2. The number of fused-ring (bicyclic) bond motifs is 2. The predicted octanol–water partition coefficient (Wildman–Crippen LogP) is 3.72. The molecule has 3 aromatic rings.